The molecular formula is C11H20N2O. The molecule has 3 heteroatoms. The van der Waals surface area contributed by atoms with Gasteiger partial charge in [0.25, 0.3) is 0 Å². The molecule has 2 aliphatic rings. The summed E-state index contributed by atoms with van der Waals surface area (Å²) in [6, 6.07) is 0.552. The van der Waals surface area contributed by atoms with Gasteiger partial charge in [-0.05, 0) is 32.1 Å². The van der Waals surface area contributed by atoms with E-state index in [0.29, 0.717) is 6.04 Å². The average molecular weight is 196 g/mol. The van der Waals surface area contributed by atoms with Gasteiger partial charge in [-0.25, -0.2) is 0 Å². The first-order valence-corrected chi connectivity index (χ1v) is 5.76. The van der Waals surface area contributed by atoms with Gasteiger partial charge in [-0.15, -0.1) is 0 Å². The third-order valence-electron chi connectivity index (χ3n) is 3.29. The number of aliphatic imine (C=N–C) groups is 1. The molecule has 0 aromatic rings. The van der Waals surface area contributed by atoms with Crippen LogP contribution in [0.15, 0.2) is 4.99 Å². The molecule has 0 amide bonds. The van der Waals surface area contributed by atoms with Crippen molar-refractivity contribution in [1.29, 1.82) is 0 Å². The van der Waals surface area contributed by atoms with Crippen LogP contribution in [-0.4, -0.2) is 18.0 Å². The second kappa shape index (κ2) is 4.30. The van der Waals surface area contributed by atoms with Gasteiger partial charge >= 0.3 is 0 Å². The van der Waals surface area contributed by atoms with E-state index in [1.165, 1.54) is 25.7 Å². The third-order valence-corrected chi connectivity index (χ3v) is 3.29. The summed E-state index contributed by atoms with van der Waals surface area (Å²) in [6.07, 6.45) is 6.44. The van der Waals surface area contributed by atoms with E-state index in [4.69, 9.17) is 9.83 Å². The van der Waals surface area contributed by atoms with Crippen molar-refractivity contribution in [3.63, 3.8) is 0 Å². The van der Waals surface area contributed by atoms with Gasteiger partial charge in [0.05, 0.1) is 12.1 Å². The molecule has 3 atom stereocenters. The van der Waals surface area contributed by atoms with Crippen LogP contribution in [-0.2, 0) is 4.84 Å². The van der Waals surface area contributed by atoms with Gasteiger partial charge < -0.3 is 0 Å². The first-order valence-electron chi connectivity index (χ1n) is 5.76. The van der Waals surface area contributed by atoms with Gasteiger partial charge in [-0.3, -0.25) is 15.3 Å². The lowest BCUT2D eigenvalue weighted by atomic mass is 10.1. The lowest BCUT2D eigenvalue weighted by Crippen LogP contribution is -2.16. The third kappa shape index (κ3) is 2.27. The molecular weight excluding hydrogens is 176 g/mol. The van der Waals surface area contributed by atoms with Crippen LogP contribution < -0.4 is 5.48 Å². The Bertz CT molecular complexity index is 227. The van der Waals surface area contributed by atoms with Crippen LogP contribution in [0.5, 0.6) is 0 Å². The minimum atomic E-state index is 0.289. The Morgan fingerprint density at radius 1 is 1.50 bits per heavy atom. The molecule has 0 aromatic carbocycles. The maximum absolute atomic E-state index is 5.25. The zero-order valence-corrected chi connectivity index (χ0v) is 9.12. The smallest absolute Gasteiger partial charge is 0.123 e. The van der Waals surface area contributed by atoms with E-state index in [0.717, 1.165) is 18.2 Å². The molecule has 0 spiro atoms. The van der Waals surface area contributed by atoms with Crippen molar-refractivity contribution in [2.45, 2.75) is 58.1 Å². The molecule has 1 aliphatic heterocycles. The number of hydrogen-bond donors (Lipinski definition) is 1. The molecule has 1 aliphatic carbocycles. The van der Waals surface area contributed by atoms with Crippen molar-refractivity contribution in [2.75, 3.05) is 0 Å². The Kier molecular flexibility index (Phi) is 3.06. The second-order valence-corrected chi connectivity index (χ2v) is 4.55. The summed E-state index contributed by atoms with van der Waals surface area (Å²) in [6.45, 7) is 4.35. The highest BCUT2D eigenvalue weighted by Crippen LogP contribution is 2.30. The van der Waals surface area contributed by atoms with Crippen molar-refractivity contribution in [1.82, 2.24) is 5.48 Å². The van der Waals surface area contributed by atoms with Crippen LogP contribution in [0, 0.1) is 5.92 Å². The minimum Gasteiger partial charge on any atom is -0.272 e. The number of nitrogens with zero attached hydrogens (tertiary/aromatic N) is 1. The highest BCUT2D eigenvalue weighted by atomic mass is 16.7. The zero-order chi connectivity index (χ0) is 9.97. The number of amidine groups is 1. The highest BCUT2D eigenvalue weighted by Gasteiger charge is 2.25. The summed E-state index contributed by atoms with van der Waals surface area (Å²) in [5.41, 5.74) is 2.92. The monoisotopic (exact) mass is 196 g/mol. The predicted molar refractivity (Wildman–Crippen MR) is 57.2 cm³/mol. The topological polar surface area (TPSA) is 33.6 Å². The van der Waals surface area contributed by atoms with E-state index >= 15 is 0 Å². The van der Waals surface area contributed by atoms with E-state index in [9.17, 15) is 0 Å². The quantitative estimate of drug-likeness (QED) is 0.735. The number of hydroxylamine groups is 1. The summed E-state index contributed by atoms with van der Waals surface area (Å²) in [7, 11) is 0. The maximum Gasteiger partial charge on any atom is 0.123 e. The van der Waals surface area contributed by atoms with E-state index in [-0.39, 0.29) is 6.10 Å². The number of nitrogens with one attached hydrogen (secondary N) is 1. The predicted octanol–water partition coefficient (Wildman–Crippen LogP) is 2.28. The molecule has 80 valence electrons. The maximum atomic E-state index is 5.25. The Balaban J connectivity index is 1.86. The average Bonchev–Trinajstić information content (AvgIpc) is 2.76. The largest absolute Gasteiger partial charge is 0.272 e. The van der Waals surface area contributed by atoms with Gasteiger partial charge in [0, 0.05) is 6.42 Å². The molecule has 3 nitrogen and oxygen atoms in total. The molecule has 0 aromatic heterocycles. The Hall–Kier alpha value is -0.570. The molecule has 14 heavy (non-hydrogen) atoms. The Morgan fingerprint density at radius 2 is 2.36 bits per heavy atom. The summed E-state index contributed by atoms with van der Waals surface area (Å²) < 4.78 is 0. The van der Waals surface area contributed by atoms with Crippen LogP contribution >= 0.6 is 0 Å². The first-order chi connectivity index (χ1) is 6.78. The van der Waals surface area contributed by atoms with Crippen molar-refractivity contribution in [3.8, 4) is 0 Å². The minimum absolute atomic E-state index is 0.289. The molecule has 1 saturated carbocycles. The number of hydrogen-bond acceptors (Lipinski definition) is 2. The van der Waals surface area contributed by atoms with Crippen LogP contribution in [0.25, 0.3) is 0 Å². The Labute approximate surface area is 85.9 Å². The molecule has 0 bridgehead atoms. The normalized spacial score (nSPS) is 40.4. The van der Waals surface area contributed by atoms with Gasteiger partial charge in [0.2, 0.25) is 0 Å². The fourth-order valence-corrected chi connectivity index (χ4v) is 2.36. The molecule has 2 fully saturated rings. The van der Waals surface area contributed by atoms with E-state index in [1.807, 2.05) is 0 Å². The zero-order valence-electron chi connectivity index (χ0n) is 9.12. The summed E-state index contributed by atoms with van der Waals surface area (Å²) in [5.74, 6) is 1.96. The molecule has 1 saturated heterocycles. The van der Waals surface area contributed by atoms with Crippen LogP contribution in [0.3, 0.4) is 0 Å². The molecule has 3 unspecified atom stereocenters. The van der Waals surface area contributed by atoms with E-state index in [2.05, 4.69) is 19.3 Å². The van der Waals surface area contributed by atoms with Gasteiger partial charge in [0.15, 0.2) is 0 Å². The van der Waals surface area contributed by atoms with Crippen LogP contribution in [0.4, 0.5) is 0 Å². The van der Waals surface area contributed by atoms with Crippen molar-refractivity contribution in [2.24, 2.45) is 10.9 Å². The summed E-state index contributed by atoms with van der Waals surface area (Å²) in [5, 5.41) is 0. The lowest BCUT2D eigenvalue weighted by molar-refractivity contribution is 0.0574. The fourth-order valence-electron chi connectivity index (χ4n) is 2.36. The van der Waals surface area contributed by atoms with Gasteiger partial charge in [0.1, 0.15) is 5.84 Å². The highest BCUT2D eigenvalue weighted by molar-refractivity contribution is 5.83. The molecule has 1 heterocycles. The standard InChI is InChI=1S/C11H20N2O/c1-3-9-4-5-10(7-9)12-11-6-8(2)14-13-11/h8-10H,3-7H2,1-2H3,(H,12,13). The lowest BCUT2D eigenvalue weighted by Gasteiger charge is -2.05. The SMILES string of the molecule is CCC1CCC(N=C2CC(C)ON2)C1. The van der Waals surface area contributed by atoms with Crippen molar-refractivity contribution >= 4 is 5.84 Å². The van der Waals surface area contributed by atoms with Gasteiger partial charge in [-0.2, -0.15) is 0 Å². The van der Waals surface area contributed by atoms with Crippen LogP contribution in [0.2, 0.25) is 0 Å². The van der Waals surface area contributed by atoms with Crippen molar-refractivity contribution < 1.29 is 4.84 Å². The molecule has 0 radical (unpaired) electrons. The Morgan fingerprint density at radius 3 is 2.93 bits per heavy atom. The first kappa shape index (κ1) is 9.97. The summed E-state index contributed by atoms with van der Waals surface area (Å²) >= 11 is 0. The fraction of sp³-hybridized carbons (Fsp3) is 0.909. The van der Waals surface area contributed by atoms with E-state index < -0.39 is 0 Å². The molecule has 1 N–H and O–H groups in total. The van der Waals surface area contributed by atoms with Gasteiger partial charge in [-0.1, -0.05) is 13.3 Å². The second-order valence-electron chi connectivity index (χ2n) is 4.55. The van der Waals surface area contributed by atoms with Crippen molar-refractivity contribution in [3.05, 3.63) is 0 Å². The summed E-state index contributed by atoms with van der Waals surface area (Å²) in [4.78, 5) is 9.95. The molecule has 2 rings (SSSR count). The van der Waals surface area contributed by atoms with Crippen LogP contribution in [0.1, 0.15) is 46.0 Å². The number of rotatable bonds is 2. The van der Waals surface area contributed by atoms with E-state index in [1.54, 1.807) is 0 Å².